The SMILES string of the molecule is COc1cccc[n+]1O. The predicted molar refractivity (Wildman–Crippen MR) is 30.4 cm³/mol. The Labute approximate surface area is 53.1 Å². The Morgan fingerprint density at radius 1 is 1.56 bits per heavy atom. The second kappa shape index (κ2) is 2.35. The summed E-state index contributed by atoms with van der Waals surface area (Å²) in [4.78, 5) is 0. The van der Waals surface area contributed by atoms with Gasteiger partial charge in [0.1, 0.15) is 0 Å². The van der Waals surface area contributed by atoms with Crippen molar-refractivity contribution in [2.24, 2.45) is 0 Å². The molecule has 0 unspecified atom stereocenters. The van der Waals surface area contributed by atoms with Gasteiger partial charge in [0, 0.05) is 10.8 Å². The number of hydrogen-bond donors (Lipinski definition) is 1. The van der Waals surface area contributed by atoms with Gasteiger partial charge in [-0.3, -0.25) is 5.21 Å². The third kappa shape index (κ3) is 1.10. The van der Waals surface area contributed by atoms with Crippen LogP contribution in [-0.4, -0.2) is 12.3 Å². The molecule has 0 spiro atoms. The van der Waals surface area contributed by atoms with Gasteiger partial charge < -0.3 is 4.74 Å². The number of methoxy groups -OCH3 is 1. The first-order valence-electron chi connectivity index (χ1n) is 2.58. The van der Waals surface area contributed by atoms with E-state index in [0.717, 1.165) is 4.73 Å². The highest BCUT2D eigenvalue weighted by Gasteiger charge is 2.04. The monoisotopic (exact) mass is 126 g/mol. The summed E-state index contributed by atoms with van der Waals surface area (Å²) in [6.45, 7) is 0. The first kappa shape index (κ1) is 5.88. The van der Waals surface area contributed by atoms with Crippen molar-refractivity contribution < 1.29 is 14.7 Å². The Bertz CT molecular complexity index is 200. The van der Waals surface area contributed by atoms with Crippen LogP contribution in [0.5, 0.6) is 5.88 Å². The molecule has 0 aromatic carbocycles. The lowest BCUT2D eigenvalue weighted by atomic mass is 10.5. The predicted octanol–water partition coefficient (Wildman–Crippen LogP) is 0.220. The molecule has 1 aromatic rings. The van der Waals surface area contributed by atoms with Gasteiger partial charge in [-0.1, -0.05) is 0 Å². The molecule has 0 aliphatic heterocycles. The lowest BCUT2D eigenvalue weighted by Crippen LogP contribution is -2.30. The van der Waals surface area contributed by atoms with Gasteiger partial charge in [-0.2, -0.15) is 0 Å². The maximum atomic E-state index is 8.90. The summed E-state index contributed by atoms with van der Waals surface area (Å²) in [5.41, 5.74) is 0. The molecule has 0 bridgehead atoms. The summed E-state index contributed by atoms with van der Waals surface area (Å²) in [5, 5.41) is 8.90. The minimum atomic E-state index is 0.428. The summed E-state index contributed by atoms with van der Waals surface area (Å²) in [5.74, 6) is 0.428. The van der Waals surface area contributed by atoms with E-state index in [4.69, 9.17) is 9.94 Å². The van der Waals surface area contributed by atoms with Crippen LogP contribution in [-0.2, 0) is 0 Å². The molecule has 1 rings (SSSR count). The number of nitrogens with zero attached hydrogens (tertiary/aromatic N) is 1. The standard InChI is InChI=1S/C6H8NO2/c1-9-6-4-2-3-5-7(6)8/h2-5,8H,1H3/q+1. The van der Waals surface area contributed by atoms with Crippen molar-refractivity contribution in [1.82, 2.24) is 0 Å². The number of pyridine rings is 1. The number of rotatable bonds is 1. The fraction of sp³-hybridized carbons (Fsp3) is 0.167. The summed E-state index contributed by atoms with van der Waals surface area (Å²) in [6.07, 6.45) is 1.50. The minimum Gasteiger partial charge on any atom is -0.445 e. The summed E-state index contributed by atoms with van der Waals surface area (Å²) >= 11 is 0. The van der Waals surface area contributed by atoms with Crippen molar-refractivity contribution in [3.05, 3.63) is 24.4 Å². The minimum absolute atomic E-state index is 0.428. The van der Waals surface area contributed by atoms with Crippen molar-refractivity contribution in [2.75, 3.05) is 7.11 Å². The van der Waals surface area contributed by atoms with Crippen LogP contribution in [0, 0.1) is 0 Å². The first-order chi connectivity index (χ1) is 4.34. The van der Waals surface area contributed by atoms with E-state index >= 15 is 0 Å². The maximum absolute atomic E-state index is 8.90. The van der Waals surface area contributed by atoms with Crippen LogP contribution in [0.25, 0.3) is 0 Å². The van der Waals surface area contributed by atoms with Gasteiger partial charge in [0.2, 0.25) is 6.20 Å². The van der Waals surface area contributed by atoms with Crippen LogP contribution in [0.1, 0.15) is 0 Å². The zero-order valence-electron chi connectivity index (χ0n) is 5.11. The lowest BCUT2D eigenvalue weighted by molar-refractivity contribution is -0.906. The van der Waals surface area contributed by atoms with Crippen molar-refractivity contribution in [1.29, 1.82) is 0 Å². The molecule has 0 saturated heterocycles. The third-order valence-corrected chi connectivity index (χ3v) is 1.01. The zero-order valence-corrected chi connectivity index (χ0v) is 5.11. The molecule has 0 saturated carbocycles. The molecule has 9 heavy (non-hydrogen) atoms. The smallest absolute Gasteiger partial charge is 0.416 e. The van der Waals surface area contributed by atoms with Gasteiger partial charge in [0.15, 0.2) is 0 Å². The third-order valence-electron chi connectivity index (χ3n) is 1.01. The molecule has 3 heteroatoms. The van der Waals surface area contributed by atoms with E-state index in [1.807, 2.05) is 0 Å². The van der Waals surface area contributed by atoms with Gasteiger partial charge >= 0.3 is 5.88 Å². The highest BCUT2D eigenvalue weighted by atomic mass is 16.5. The fourth-order valence-corrected chi connectivity index (χ4v) is 0.580. The fourth-order valence-electron chi connectivity index (χ4n) is 0.580. The Hall–Kier alpha value is -1.25. The van der Waals surface area contributed by atoms with Crippen LogP contribution in [0.2, 0.25) is 0 Å². The second-order valence-corrected chi connectivity index (χ2v) is 1.59. The Morgan fingerprint density at radius 2 is 2.33 bits per heavy atom. The normalized spacial score (nSPS) is 9.00. The van der Waals surface area contributed by atoms with E-state index in [1.54, 1.807) is 18.2 Å². The van der Waals surface area contributed by atoms with E-state index in [1.165, 1.54) is 13.3 Å². The molecule has 0 aliphatic carbocycles. The molecule has 0 aliphatic rings. The Balaban J connectivity index is 3.01. The van der Waals surface area contributed by atoms with Gasteiger partial charge in [0.05, 0.1) is 13.2 Å². The van der Waals surface area contributed by atoms with E-state index < -0.39 is 0 Å². The largest absolute Gasteiger partial charge is 0.445 e. The summed E-state index contributed by atoms with van der Waals surface area (Å²) < 4.78 is 5.67. The molecule has 3 nitrogen and oxygen atoms in total. The molecule has 0 atom stereocenters. The van der Waals surface area contributed by atoms with Crippen molar-refractivity contribution in [3.8, 4) is 5.88 Å². The first-order valence-corrected chi connectivity index (χ1v) is 2.58. The average molecular weight is 126 g/mol. The highest BCUT2D eigenvalue weighted by molar-refractivity contribution is 5.01. The van der Waals surface area contributed by atoms with Crippen molar-refractivity contribution in [2.45, 2.75) is 0 Å². The summed E-state index contributed by atoms with van der Waals surface area (Å²) in [6, 6.07) is 5.16. The quantitative estimate of drug-likeness (QED) is 0.431. The zero-order chi connectivity index (χ0) is 6.69. The van der Waals surface area contributed by atoms with E-state index in [0.29, 0.717) is 5.88 Å². The van der Waals surface area contributed by atoms with Crippen molar-refractivity contribution in [3.63, 3.8) is 0 Å². The summed E-state index contributed by atoms with van der Waals surface area (Å²) in [7, 11) is 1.50. The molecule has 0 amide bonds. The van der Waals surface area contributed by atoms with Crippen LogP contribution < -0.4 is 9.47 Å². The van der Waals surface area contributed by atoms with Gasteiger partial charge in [-0.15, -0.1) is 0 Å². The molecular formula is C6H8NO2+. The van der Waals surface area contributed by atoms with Gasteiger partial charge in [0.25, 0.3) is 0 Å². The van der Waals surface area contributed by atoms with Crippen LogP contribution >= 0.6 is 0 Å². The molecule has 1 heterocycles. The Morgan fingerprint density at radius 3 is 2.78 bits per heavy atom. The van der Waals surface area contributed by atoms with Crippen molar-refractivity contribution >= 4 is 0 Å². The van der Waals surface area contributed by atoms with Crippen LogP contribution in [0.15, 0.2) is 24.4 Å². The average Bonchev–Trinajstić information content (AvgIpc) is 1.89. The second-order valence-electron chi connectivity index (χ2n) is 1.59. The molecule has 48 valence electrons. The van der Waals surface area contributed by atoms with Gasteiger partial charge in [-0.25, -0.2) is 0 Å². The van der Waals surface area contributed by atoms with E-state index in [9.17, 15) is 0 Å². The number of hydrogen-bond acceptors (Lipinski definition) is 2. The topological polar surface area (TPSA) is 33.3 Å². The number of aromatic nitrogens is 1. The number of ether oxygens (including phenoxy) is 1. The molecule has 0 fully saturated rings. The van der Waals surface area contributed by atoms with Gasteiger partial charge in [-0.05, 0) is 6.07 Å². The molecular weight excluding hydrogens is 118 g/mol. The van der Waals surface area contributed by atoms with Crippen LogP contribution in [0.3, 0.4) is 0 Å². The molecule has 1 aromatic heterocycles. The van der Waals surface area contributed by atoms with Crippen LogP contribution in [0.4, 0.5) is 0 Å². The maximum Gasteiger partial charge on any atom is 0.416 e. The highest BCUT2D eigenvalue weighted by Crippen LogP contribution is 1.96. The van der Waals surface area contributed by atoms with E-state index in [-0.39, 0.29) is 0 Å². The lowest BCUT2D eigenvalue weighted by Gasteiger charge is -1.90. The Kier molecular flexibility index (Phi) is 1.53. The molecule has 0 radical (unpaired) electrons. The molecule has 1 N–H and O–H groups in total. The van der Waals surface area contributed by atoms with E-state index in [2.05, 4.69) is 0 Å².